The first-order chi connectivity index (χ1) is 8.77. The van der Waals surface area contributed by atoms with Crippen molar-refractivity contribution in [1.82, 2.24) is 5.32 Å². The number of fused-ring (bicyclic) bond motifs is 6. The van der Waals surface area contributed by atoms with Crippen LogP contribution in [0.5, 0.6) is 0 Å². The SMILES string of the molecule is CC12NC(Cc3ccccc31)Cc1ccccc12. The van der Waals surface area contributed by atoms with Crippen molar-refractivity contribution in [2.45, 2.75) is 31.3 Å². The van der Waals surface area contributed by atoms with Crippen molar-refractivity contribution in [3.8, 4) is 0 Å². The average molecular weight is 235 g/mol. The summed E-state index contributed by atoms with van der Waals surface area (Å²) < 4.78 is 0. The third-order valence-electron chi connectivity index (χ3n) is 4.54. The Bertz CT molecular complexity index is 565. The van der Waals surface area contributed by atoms with Crippen LogP contribution in [0, 0.1) is 0 Å². The third kappa shape index (κ3) is 1.25. The summed E-state index contributed by atoms with van der Waals surface area (Å²) in [6, 6.07) is 18.3. The molecule has 0 amide bonds. The summed E-state index contributed by atoms with van der Waals surface area (Å²) in [5.74, 6) is 0. The number of hydrogen-bond donors (Lipinski definition) is 1. The standard InChI is InChI=1S/C17H17N/c1-17-15-8-4-2-6-12(15)10-14(18-17)11-13-7-3-5-9-16(13)17/h2-9,14,18H,10-11H2,1H3. The van der Waals surface area contributed by atoms with Crippen molar-refractivity contribution in [3.63, 3.8) is 0 Å². The number of benzene rings is 2. The van der Waals surface area contributed by atoms with Crippen molar-refractivity contribution in [2.24, 2.45) is 0 Å². The fourth-order valence-electron chi connectivity index (χ4n) is 3.79. The van der Waals surface area contributed by atoms with Gasteiger partial charge in [-0.2, -0.15) is 0 Å². The van der Waals surface area contributed by atoms with Crippen LogP contribution in [0.25, 0.3) is 0 Å². The Kier molecular flexibility index (Phi) is 1.98. The van der Waals surface area contributed by atoms with Gasteiger partial charge in [0.1, 0.15) is 0 Å². The van der Waals surface area contributed by atoms with E-state index < -0.39 is 0 Å². The summed E-state index contributed by atoms with van der Waals surface area (Å²) >= 11 is 0. The molecule has 0 aromatic heterocycles. The van der Waals surface area contributed by atoms with Gasteiger partial charge in [0.2, 0.25) is 0 Å². The summed E-state index contributed by atoms with van der Waals surface area (Å²) in [5, 5.41) is 3.84. The van der Waals surface area contributed by atoms with Crippen molar-refractivity contribution in [2.75, 3.05) is 0 Å². The highest BCUT2D eigenvalue weighted by molar-refractivity contribution is 5.50. The maximum absolute atomic E-state index is 3.84. The lowest BCUT2D eigenvalue weighted by Crippen LogP contribution is -2.56. The van der Waals surface area contributed by atoms with Crippen molar-refractivity contribution >= 4 is 0 Å². The first-order valence-corrected chi connectivity index (χ1v) is 6.72. The molecule has 1 heteroatoms. The zero-order chi connectivity index (χ0) is 12.2. The largest absolute Gasteiger partial charge is 0.300 e. The Morgan fingerprint density at radius 3 is 1.94 bits per heavy atom. The summed E-state index contributed by atoms with van der Waals surface area (Å²) in [5.41, 5.74) is 5.92. The van der Waals surface area contributed by atoms with Gasteiger partial charge in [0.25, 0.3) is 0 Å². The molecule has 0 saturated carbocycles. The minimum absolute atomic E-state index is 0.00560. The van der Waals surface area contributed by atoms with Gasteiger partial charge >= 0.3 is 0 Å². The maximum Gasteiger partial charge on any atom is 0.0669 e. The van der Waals surface area contributed by atoms with Gasteiger partial charge in [-0.1, -0.05) is 48.5 Å². The van der Waals surface area contributed by atoms with Crippen LogP contribution in [0.4, 0.5) is 0 Å². The van der Waals surface area contributed by atoms with E-state index in [1.165, 1.54) is 22.3 Å². The van der Waals surface area contributed by atoms with Gasteiger partial charge in [0.15, 0.2) is 0 Å². The Hall–Kier alpha value is -1.60. The summed E-state index contributed by atoms with van der Waals surface area (Å²) in [6.07, 6.45) is 2.31. The second kappa shape index (κ2) is 3.46. The molecule has 4 rings (SSSR count). The van der Waals surface area contributed by atoms with Crippen LogP contribution in [0.3, 0.4) is 0 Å². The molecule has 2 aliphatic rings. The highest BCUT2D eigenvalue weighted by Gasteiger charge is 2.41. The summed E-state index contributed by atoms with van der Waals surface area (Å²) in [7, 11) is 0. The van der Waals surface area contributed by atoms with Gasteiger partial charge in [-0.25, -0.2) is 0 Å². The first-order valence-electron chi connectivity index (χ1n) is 6.72. The molecule has 0 fully saturated rings. The van der Waals surface area contributed by atoms with E-state index in [1.54, 1.807) is 0 Å². The quantitative estimate of drug-likeness (QED) is 0.740. The summed E-state index contributed by atoms with van der Waals surface area (Å²) in [4.78, 5) is 0. The molecule has 1 nitrogen and oxygen atoms in total. The van der Waals surface area contributed by atoms with Crippen LogP contribution in [0.1, 0.15) is 29.2 Å². The molecule has 18 heavy (non-hydrogen) atoms. The number of rotatable bonds is 0. The lowest BCUT2D eigenvalue weighted by Gasteiger charge is -2.47. The average Bonchev–Trinajstić information content (AvgIpc) is 2.39. The molecular weight excluding hydrogens is 218 g/mol. The van der Waals surface area contributed by atoms with Gasteiger partial charge in [-0.05, 0) is 42.0 Å². The van der Waals surface area contributed by atoms with Crippen LogP contribution in [-0.4, -0.2) is 6.04 Å². The van der Waals surface area contributed by atoms with E-state index in [1.807, 2.05) is 0 Å². The molecule has 0 saturated heterocycles. The second-order valence-electron chi connectivity index (χ2n) is 5.69. The van der Waals surface area contributed by atoms with E-state index in [0.29, 0.717) is 6.04 Å². The molecule has 0 spiro atoms. The Balaban J connectivity index is 2.02. The molecule has 0 atom stereocenters. The Morgan fingerprint density at radius 1 is 0.889 bits per heavy atom. The van der Waals surface area contributed by atoms with Crippen LogP contribution in [0.2, 0.25) is 0 Å². The van der Waals surface area contributed by atoms with Crippen LogP contribution < -0.4 is 5.32 Å². The van der Waals surface area contributed by atoms with Crippen molar-refractivity contribution in [1.29, 1.82) is 0 Å². The second-order valence-corrected chi connectivity index (χ2v) is 5.69. The van der Waals surface area contributed by atoms with Gasteiger partial charge < -0.3 is 5.32 Å². The molecule has 2 bridgehead atoms. The molecule has 2 aromatic rings. The highest BCUT2D eigenvalue weighted by atomic mass is 15.0. The Morgan fingerprint density at radius 2 is 1.39 bits per heavy atom. The van der Waals surface area contributed by atoms with Gasteiger partial charge in [0, 0.05) is 6.04 Å². The highest BCUT2D eigenvalue weighted by Crippen LogP contribution is 2.41. The van der Waals surface area contributed by atoms with E-state index in [4.69, 9.17) is 0 Å². The van der Waals surface area contributed by atoms with E-state index in [9.17, 15) is 0 Å². The zero-order valence-corrected chi connectivity index (χ0v) is 10.6. The predicted octanol–water partition coefficient (Wildman–Crippen LogP) is 3.02. The molecule has 90 valence electrons. The summed E-state index contributed by atoms with van der Waals surface area (Å²) in [6.45, 7) is 2.33. The molecule has 1 N–H and O–H groups in total. The molecule has 2 aromatic carbocycles. The van der Waals surface area contributed by atoms with Gasteiger partial charge in [0.05, 0.1) is 5.54 Å². The van der Waals surface area contributed by atoms with E-state index in [0.717, 1.165) is 12.8 Å². The zero-order valence-electron chi connectivity index (χ0n) is 10.6. The third-order valence-corrected chi connectivity index (χ3v) is 4.54. The van der Waals surface area contributed by atoms with Gasteiger partial charge in [-0.3, -0.25) is 0 Å². The smallest absolute Gasteiger partial charge is 0.0669 e. The lowest BCUT2D eigenvalue weighted by molar-refractivity contribution is 0.309. The molecule has 0 radical (unpaired) electrons. The van der Waals surface area contributed by atoms with Crippen LogP contribution in [0.15, 0.2) is 48.5 Å². The topological polar surface area (TPSA) is 12.0 Å². The minimum atomic E-state index is -0.00560. The van der Waals surface area contributed by atoms with E-state index in [-0.39, 0.29) is 5.54 Å². The number of nitrogens with one attached hydrogen (secondary N) is 1. The number of hydrogen-bond acceptors (Lipinski definition) is 1. The normalized spacial score (nSPS) is 28.4. The lowest BCUT2D eigenvalue weighted by atomic mass is 9.70. The van der Waals surface area contributed by atoms with Crippen LogP contribution in [-0.2, 0) is 18.4 Å². The molecular formula is C17H17N. The minimum Gasteiger partial charge on any atom is -0.300 e. The molecule has 0 aliphatic carbocycles. The molecule has 0 unspecified atom stereocenters. The molecule has 2 heterocycles. The Labute approximate surface area is 108 Å². The fourth-order valence-corrected chi connectivity index (χ4v) is 3.79. The van der Waals surface area contributed by atoms with Crippen molar-refractivity contribution in [3.05, 3.63) is 70.8 Å². The van der Waals surface area contributed by atoms with E-state index >= 15 is 0 Å². The first kappa shape index (κ1) is 10.3. The van der Waals surface area contributed by atoms with Crippen molar-refractivity contribution < 1.29 is 0 Å². The predicted molar refractivity (Wildman–Crippen MR) is 73.7 cm³/mol. The molecule has 2 aliphatic heterocycles. The maximum atomic E-state index is 3.84. The monoisotopic (exact) mass is 235 g/mol. The fraction of sp³-hybridized carbons (Fsp3) is 0.294. The van der Waals surface area contributed by atoms with E-state index in [2.05, 4.69) is 60.8 Å². The van der Waals surface area contributed by atoms with Gasteiger partial charge in [-0.15, -0.1) is 0 Å². The van der Waals surface area contributed by atoms with Crippen LogP contribution >= 0.6 is 0 Å².